The number of rotatable bonds is 7. The summed E-state index contributed by atoms with van der Waals surface area (Å²) in [5.41, 5.74) is 2.20. The van der Waals surface area contributed by atoms with Gasteiger partial charge in [-0.2, -0.15) is 0 Å². The van der Waals surface area contributed by atoms with Crippen molar-refractivity contribution in [2.75, 3.05) is 13.7 Å². The molecule has 6 nitrogen and oxygen atoms in total. The number of hydrogen-bond donors (Lipinski definition) is 0. The molecule has 0 bridgehead atoms. The molecular formula is C20H26N2O4S. The van der Waals surface area contributed by atoms with Crippen LogP contribution in [0.25, 0.3) is 0 Å². The first-order valence-electron chi connectivity index (χ1n) is 8.97. The minimum atomic E-state index is -0.653. The molecule has 2 aromatic heterocycles. The number of likely N-dealkylation sites (N-methyl/N-ethyl adjacent to an activating group) is 1. The highest BCUT2D eigenvalue weighted by Crippen LogP contribution is 2.26. The van der Waals surface area contributed by atoms with Crippen LogP contribution < -0.4 is 0 Å². The fraction of sp³-hybridized carbons (Fsp3) is 0.450. The molecule has 0 aliphatic heterocycles. The van der Waals surface area contributed by atoms with Crippen LogP contribution in [0, 0.1) is 13.8 Å². The normalized spacial score (nSPS) is 11.9. The predicted molar refractivity (Wildman–Crippen MR) is 106 cm³/mol. The molecule has 7 heteroatoms. The maximum atomic E-state index is 13.2. The number of thiophene rings is 1. The number of ketones is 1. The smallest absolute Gasteiger partial charge is 0.355 e. The number of carbonyl (C=O) groups is 3. The van der Waals surface area contributed by atoms with Crippen LogP contribution >= 0.6 is 11.3 Å². The molecule has 0 aliphatic carbocycles. The number of carbonyl (C=O) groups excluding carboxylic acids is 3. The van der Waals surface area contributed by atoms with Crippen molar-refractivity contribution in [3.8, 4) is 0 Å². The Hall–Kier alpha value is -2.41. The number of ether oxygens (including phenoxy) is 1. The van der Waals surface area contributed by atoms with E-state index in [1.807, 2.05) is 19.2 Å². The van der Waals surface area contributed by atoms with E-state index in [-0.39, 0.29) is 18.3 Å². The highest BCUT2D eigenvalue weighted by molar-refractivity contribution is 7.12. The van der Waals surface area contributed by atoms with Gasteiger partial charge in [0.05, 0.1) is 17.5 Å². The van der Waals surface area contributed by atoms with Gasteiger partial charge < -0.3 is 14.2 Å². The molecule has 2 heterocycles. The molecule has 0 saturated heterocycles. The van der Waals surface area contributed by atoms with Crippen molar-refractivity contribution in [3.63, 3.8) is 0 Å². The second kappa shape index (κ2) is 8.52. The minimum Gasteiger partial charge on any atom is -0.461 e. The Labute approximate surface area is 163 Å². The summed E-state index contributed by atoms with van der Waals surface area (Å²) in [4.78, 5) is 40.2. The van der Waals surface area contributed by atoms with Crippen LogP contribution in [0.5, 0.6) is 0 Å². The number of hydrogen-bond acceptors (Lipinski definition) is 5. The number of aromatic nitrogens is 1. The first-order valence-corrected chi connectivity index (χ1v) is 9.85. The van der Waals surface area contributed by atoms with E-state index in [0.29, 0.717) is 33.9 Å². The van der Waals surface area contributed by atoms with Crippen LogP contribution in [0.1, 0.15) is 62.5 Å². The van der Waals surface area contributed by atoms with Gasteiger partial charge in [0, 0.05) is 24.8 Å². The maximum Gasteiger partial charge on any atom is 0.355 e. The van der Waals surface area contributed by atoms with Gasteiger partial charge in [0.15, 0.2) is 5.78 Å². The monoisotopic (exact) mass is 390 g/mol. The fourth-order valence-electron chi connectivity index (χ4n) is 3.25. The van der Waals surface area contributed by atoms with Gasteiger partial charge in [0.1, 0.15) is 5.69 Å². The number of Topliss-reactive ketones (excluding diaryl/α,β-unsaturated/α-hetero) is 1. The summed E-state index contributed by atoms with van der Waals surface area (Å²) in [5.74, 6) is -0.813. The van der Waals surface area contributed by atoms with Crippen molar-refractivity contribution in [3.05, 3.63) is 44.9 Å². The Bertz CT molecular complexity index is 852. The first kappa shape index (κ1) is 20.9. The molecule has 27 heavy (non-hydrogen) atoms. The van der Waals surface area contributed by atoms with Crippen LogP contribution in [-0.2, 0) is 11.3 Å². The summed E-state index contributed by atoms with van der Waals surface area (Å²) in [7, 11) is 1.62. The van der Waals surface area contributed by atoms with Crippen molar-refractivity contribution in [1.29, 1.82) is 0 Å². The summed E-state index contributed by atoms with van der Waals surface area (Å²) >= 11 is 1.34. The van der Waals surface area contributed by atoms with Crippen LogP contribution in [0.15, 0.2) is 17.5 Å². The summed E-state index contributed by atoms with van der Waals surface area (Å²) < 4.78 is 6.96. The van der Waals surface area contributed by atoms with Crippen molar-refractivity contribution in [1.82, 2.24) is 9.47 Å². The summed E-state index contributed by atoms with van der Waals surface area (Å²) in [6.45, 7) is 9.76. The third-order valence-electron chi connectivity index (χ3n) is 4.81. The molecule has 1 atom stereocenters. The molecule has 0 saturated carbocycles. The van der Waals surface area contributed by atoms with E-state index >= 15 is 0 Å². The van der Waals surface area contributed by atoms with E-state index in [1.165, 1.54) is 16.2 Å². The largest absolute Gasteiger partial charge is 0.461 e. The van der Waals surface area contributed by atoms with Gasteiger partial charge in [0.25, 0.3) is 5.91 Å². The van der Waals surface area contributed by atoms with E-state index in [4.69, 9.17) is 4.74 Å². The Kier molecular flexibility index (Phi) is 6.59. The van der Waals surface area contributed by atoms with Gasteiger partial charge in [-0.25, -0.2) is 4.79 Å². The fourth-order valence-corrected chi connectivity index (χ4v) is 3.96. The molecule has 0 radical (unpaired) electrons. The summed E-state index contributed by atoms with van der Waals surface area (Å²) in [6.07, 6.45) is 0. The molecule has 0 N–H and O–H groups in total. The van der Waals surface area contributed by atoms with Crippen molar-refractivity contribution in [2.24, 2.45) is 0 Å². The van der Waals surface area contributed by atoms with Gasteiger partial charge in [-0.05, 0) is 51.6 Å². The molecule has 1 amide bonds. The van der Waals surface area contributed by atoms with Crippen LogP contribution in [0.2, 0.25) is 0 Å². The molecule has 146 valence electrons. The van der Waals surface area contributed by atoms with Gasteiger partial charge in [-0.15, -0.1) is 11.3 Å². The Morgan fingerprint density at radius 1 is 1.26 bits per heavy atom. The predicted octanol–water partition coefficient (Wildman–Crippen LogP) is 3.71. The van der Waals surface area contributed by atoms with Gasteiger partial charge in [0.2, 0.25) is 0 Å². The van der Waals surface area contributed by atoms with Crippen LogP contribution in [0.4, 0.5) is 0 Å². The molecular weight excluding hydrogens is 364 g/mol. The molecule has 0 aromatic carbocycles. The Morgan fingerprint density at radius 2 is 1.93 bits per heavy atom. The molecule has 0 spiro atoms. The first-order chi connectivity index (χ1) is 12.8. The summed E-state index contributed by atoms with van der Waals surface area (Å²) in [5, 5.41) is 1.83. The lowest BCUT2D eigenvalue weighted by Gasteiger charge is -2.23. The Morgan fingerprint density at radius 3 is 2.44 bits per heavy atom. The van der Waals surface area contributed by atoms with Crippen LogP contribution in [0.3, 0.4) is 0 Å². The van der Waals surface area contributed by atoms with Gasteiger partial charge >= 0.3 is 5.97 Å². The van der Waals surface area contributed by atoms with Crippen molar-refractivity contribution < 1.29 is 19.1 Å². The average Bonchev–Trinajstić information content (AvgIpc) is 3.25. The molecule has 0 fully saturated rings. The average molecular weight is 391 g/mol. The number of esters is 1. The number of nitrogens with zero attached hydrogens (tertiary/aromatic N) is 2. The van der Waals surface area contributed by atoms with Gasteiger partial charge in [-0.3, -0.25) is 9.59 Å². The van der Waals surface area contributed by atoms with E-state index in [2.05, 4.69) is 0 Å². The molecule has 2 rings (SSSR count). The number of amides is 1. The summed E-state index contributed by atoms with van der Waals surface area (Å²) in [6, 6.07) is 2.89. The third-order valence-corrected chi connectivity index (χ3v) is 5.67. The second-order valence-electron chi connectivity index (χ2n) is 6.33. The van der Waals surface area contributed by atoms with Crippen molar-refractivity contribution >= 4 is 29.0 Å². The zero-order valence-electron chi connectivity index (χ0n) is 16.7. The standard InChI is InChI=1S/C20H26N2O4S/c1-7-22-13(4)16(12(3)17(22)20(25)26-8-2)18(23)14(5)21(6)19(24)15-10-9-11-27-15/h9-11,14H,7-8H2,1-6H3. The van der Waals surface area contributed by atoms with E-state index < -0.39 is 12.0 Å². The molecule has 0 aliphatic rings. The molecule has 2 aromatic rings. The van der Waals surface area contributed by atoms with Crippen molar-refractivity contribution in [2.45, 2.75) is 47.2 Å². The Balaban J connectivity index is 2.40. The van der Waals surface area contributed by atoms with Crippen LogP contribution in [-0.4, -0.2) is 46.8 Å². The quantitative estimate of drug-likeness (QED) is 0.534. The third kappa shape index (κ3) is 3.83. The zero-order valence-corrected chi connectivity index (χ0v) is 17.5. The SMILES string of the molecule is CCOC(=O)c1c(C)c(C(=O)C(C)N(C)C(=O)c2cccs2)c(C)n1CC. The lowest BCUT2D eigenvalue weighted by molar-refractivity contribution is 0.0512. The van der Waals surface area contributed by atoms with E-state index in [0.717, 1.165) is 0 Å². The molecule has 1 unspecified atom stereocenters. The zero-order chi connectivity index (χ0) is 20.3. The lowest BCUT2D eigenvalue weighted by atomic mass is 10.00. The maximum absolute atomic E-state index is 13.2. The topological polar surface area (TPSA) is 68.6 Å². The van der Waals surface area contributed by atoms with Gasteiger partial charge in [-0.1, -0.05) is 6.07 Å². The second-order valence-corrected chi connectivity index (χ2v) is 7.28. The highest BCUT2D eigenvalue weighted by atomic mass is 32.1. The minimum absolute atomic E-state index is 0.185. The van der Waals surface area contributed by atoms with E-state index in [9.17, 15) is 14.4 Å². The van der Waals surface area contributed by atoms with E-state index in [1.54, 1.807) is 44.5 Å². The highest BCUT2D eigenvalue weighted by Gasteiger charge is 2.31. The lowest BCUT2D eigenvalue weighted by Crippen LogP contribution is -2.40.